The van der Waals surface area contributed by atoms with E-state index in [9.17, 15) is 13.2 Å². The van der Waals surface area contributed by atoms with Crippen molar-refractivity contribution in [1.82, 2.24) is 19.5 Å². The van der Waals surface area contributed by atoms with Gasteiger partial charge in [0.2, 0.25) is 10.0 Å². The van der Waals surface area contributed by atoms with Crippen molar-refractivity contribution in [1.29, 1.82) is 0 Å². The number of benzene rings is 2. The highest BCUT2D eigenvalue weighted by Crippen LogP contribution is 2.23. The van der Waals surface area contributed by atoms with Gasteiger partial charge in [0.05, 0.1) is 23.7 Å². The van der Waals surface area contributed by atoms with Gasteiger partial charge in [0.15, 0.2) is 5.82 Å². The molecule has 0 radical (unpaired) electrons. The highest BCUT2D eigenvalue weighted by atomic mass is 32.2. The van der Waals surface area contributed by atoms with Crippen LogP contribution in [0.1, 0.15) is 16.2 Å². The summed E-state index contributed by atoms with van der Waals surface area (Å²) in [4.78, 5) is 17.1. The fraction of sp³-hybridized carbons (Fsp3) is 0.250. The number of H-pyrrole nitrogens is 1. The molecule has 1 aliphatic heterocycles. The number of aromatic amines is 1. The van der Waals surface area contributed by atoms with Crippen LogP contribution in [0.4, 0.5) is 5.69 Å². The van der Waals surface area contributed by atoms with Crippen LogP contribution in [-0.4, -0.2) is 60.1 Å². The molecule has 30 heavy (non-hydrogen) atoms. The van der Waals surface area contributed by atoms with Crippen LogP contribution in [0.5, 0.6) is 0 Å². The molecule has 0 saturated carbocycles. The lowest BCUT2D eigenvalue weighted by atomic mass is 10.1. The zero-order chi connectivity index (χ0) is 21.1. The number of carbonyl (C=O) groups excluding carboxylic acids is 1. The summed E-state index contributed by atoms with van der Waals surface area (Å²) in [6.07, 6.45) is 0. The van der Waals surface area contributed by atoms with E-state index in [1.807, 2.05) is 6.92 Å². The summed E-state index contributed by atoms with van der Waals surface area (Å²) >= 11 is 0. The first kappa shape index (κ1) is 20.2. The third-order valence-electron chi connectivity index (χ3n) is 4.72. The van der Waals surface area contributed by atoms with Crippen molar-refractivity contribution in [3.8, 4) is 11.4 Å². The number of rotatable bonds is 5. The maximum Gasteiger partial charge on any atom is 0.257 e. The van der Waals surface area contributed by atoms with Crippen LogP contribution in [0, 0.1) is 6.92 Å². The molecule has 0 bridgehead atoms. The van der Waals surface area contributed by atoms with Crippen LogP contribution in [0.15, 0.2) is 53.4 Å². The Hall–Kier alpha value is -3.08. The second-order valence-electron chi connectivity index (χ2n) is 6.79. The Morgan fingerprint density at radius 3 is 2.47 bits per heavy atom. The van der Waals surface area contributed by atoms with Gasteiger partial charge in [-0.1, -0.05) is 12.1 Å². The summed E-state index contributed by atoms with van der Waals surface area (Å²) in [5.74, 6) is 0.775. The van der Waals surface area contributed by atoms with Crippen LogP contribution in [-0.2, 0) is 14.8 Å². The Bertz CT molecular complexity index is 1150. The van der Waals surface area contributed by atoms with E-state index in [1.54, 1.807) is 36.4 Å². The van der Waals surface area contributed by atoms with Gasteiger partial charge in [0.1, 0.15) is 5.82 Å². The highest BCUT2D eigenvalue weighted by Gasteiger charge is 2.30. The highest BCUT2D eigenvalue weighted by molar-refractivity contribution is 7.89. The molecular formula is C20H21N5O4S. The van der Waals surface area contributed by atoms with E-state index in [0.29, 0.717) is 30.5 Å². The molecule has 156 valence electrons. The minimum absolute atomic E-state index is 0.0165. The van der Waals surface area contributed by atoms with Gasteiger partial charge in [-0.15, -0.1) is 0 Å². The van der Waals surface area contributed by atoms with Crippen LogP contribution in [0.2, 0.25) is 0 Å². The number of carbonyl (C=O) groups is 1. The van der Waals surface area contributed by atoms with Gasteiger partial charge in [-0.25, -0.2) is 13.4 Å². The summed E-state index contributed by atoms with van der Waals surface area (Å²) in [5, 5.41) is 9.65. The Labute approximate surface area is 174 Å². The largest absolute Gasteiger partial charge is 0.379 e. The second kappa shape index (κ2) is 8.34. The Morgan fingerprint density at radius 2 is 1.80 bits per heavy atom. The maximum atomic E-state index is 13.0. The van der Waals surface area contributed by atoms with E-state index < -0.39 is 15.9 Å². The Balaban J connectivity index is 1.55. The summed E-state index contributed by atoms with van der Waals surface area (Å²) in [6.45, 7) is 3.02. The SMILES string of the molecule is Cc1nc(-c2ccc(NC(=O)c3ccccc3S(=O)(=O)N3CCOCC3)cc2)n[nH]1. The summed E-state index contributed by atoms with van der Waals surface area (Å²) < 4.78 is 32.7. The second-order valence-corrected chi connectivity index (χ2v) is 8.69. The average molecular weight is 427 g/mol. The molecule has 2 aromatic carbocycles. The van der Waals surface area contributed by atoms with E-state index in [4.69, 9.17) is 4.74 Å². The number of nitrogens with zero attached hydrogens (tertiary/aromatic N) is 3. The number of hydrogen-bond acceptors (Lipinski definition) is 6. The summed E-state index contributed by atoms with van der Waals surface area (Å²) in [7, 11) is -3.80. The maximum absolute atomic E-state index is 13.0. The van der Waals surface area contributed by atoms with Gasteiger partial charge in [-0.3, -0.25) is 9.89 Å². The van der Waals surface area contributed by atoms with Gasteiger partial charge in [0.25, 0.3) is 5.91 Å². The molecule has 1 aromatic heterocycles. The molecule has 0 atom stereocenters. The van der Waals surface area contributed by atoms with Crippen molar-refractivity contribution in [3.05, 3.63) is 59.9 Å². The predicted molar refractivity (Wildman–Crippen MR) is 111 cm³/mol. The zero-order valence-corrected chi connectivity index (χ0v) is 17.1. The molecule has 1 saturated heterocycles. The first-order chi connectivity index (χ1) is 14.4. The number of amides is 1. The van der Waals surface area contributed by atoms with E-state index in [0.717, 1.165) is 5.56 Å². The van der Waals surface area contributed by atoms with Crippen molar-refractivity contribution in [2.45, 2.75) is 11.8 Å². The number of anilines is 1. The van der Waals surface area contributed by atoms with Crippen LogP contribution in [0.3, 0.4) is 0 Å². The van der Waals surface area contributed by atoms with Crippen molar-refractivity contribution in [2.24, 2.45) is 0 Å². The lowest BCUT2D eigenvalue weighted by Crippen LogP contribution is -2.41. The fourth-order valence-corrected chi connectivity index (χ4v) is 4.78. The van der Waals surface area contributed by atoms with E-state index in [1.165, 1.54) is 16.4 Å². The minimum atomic E-state index is -3.80. The van der Waals surface area contributed by atoms with Crippen LogP contribution in [0.25, 0.3) is 11.4 Å². The number of aryl methyl sites for hydroxylation is 1. The number of sulfonamides is 1. The summed E-state index contributed by atoms with van der Waals surface area (Å²) in [5.41, 5.74) is 1.43. The number of hydrogen-bond donors (Lipinski definition) is 2. The Morgan fingerprint density at radius 1 is 1.10 bits per heavy atom. The molecule has 2 heterocycles. The zero-order valence-electron chi connectivity index (χ0n) is 16.3. The number of aromatic nitrogens is 3. The predicted octanol–water partition coefficient (Wildman–Crippen LogP) is 2.05. The monoisotopic (exact) mass is 427 g/mol. The molecule has 0 aliphatic carbocycles. The van der Waals surface area contributed by atoms with Crippen molar-refractivity contribution in [2.75, 3.05) is 31.6 Å². The average Bonchev–Trinajstić information content (AvgIpc) is 3.21. The number of morpholine rings is 1. The molecule has 3 aromatic rings. The number of ether oxygens (including phenoxy) is 1. The number of nitrogens with one attached hydrogen (secondary N) is 2. The third kappa shape index (κ3) is 4.11. The third-order valence-corrected chi connectivity index (χ3v) is 6.67. The first-order valence-corrected chi connectivity index (χ1v) is 10.9. The quantitative estimate of drug-likeness (QED) is 0.644. The molecule has 10 heteroatoms. The van der Waals surface area contributed by atoms with Crippen LogP contribution < -0.4 is 5.32 Å². The van der Waals surface area contributed by atoms with E-state index in [-0.39, 0.29) is 23.5 Å². The summed E-state index contributed by atoms with van der Waals surface area (Å²) in [6, 6.07) is 13.2. The van der Waals surface area contributed by atoms with Gasteiger partial charge in [-0.05, 0) is 43.3 Å². The minimum Gasteiger partial charge on any atom is -0.379 e. The molecular weight excluding hydrogens is 406 g/mol. The van der Waals surface area contributed by atoms with Crippen LogP contribution >= 0.6 is 0 Å². The molecule has 2 N–H and O–H groups in total. The van der Waals surface area contributed by atoms with E-state index >= 15 is 0 Å². The van der Waals surface area contributed by atoms with Crippen molar-refractivity contribution >= 4 is 21.6 Å². The molecule has 1 amide bonds. The van der Waals surface area contributed by atoms with Gasteiger partial charge < -0.3 is 10.1 Å². The Kier molecular flexibility index (Phi) is 5.62. The molecule has 0 unspecified atom stereocenters. The fourth-order valence-electron chi connectivity index (χ4n) is 3.18. The van der Waals surface area contributed by atoms with Gasteiger partial charge in [-0.2, -0.15) is 9.40 Å². The molecule has 0 spiro atoms. The lowest BCUT2D eigenvalue weighted by molar-refractivity contribution is 0.0730. The molecule has 1 fully saturated rings. The van der Waals surface area contributed by atoms with E-state index in [2.05, 4.69) is 20.5 Å². The van der Waals surface area contributed by atoms with Gasteiger partial charge >= 0.3 is 0 Å². The molecule has 1 aliphatic rings. The lowest BCUT2D eigenvalue weighted by Gasteiger charge is -2.26. The van der Waals surface area contributed by atoms with Crippen molar-refractivity contribution < 1.29 is 17.9 Å². The normalized spacial score (nSPS) is 15.1. The molecule has 4 rings (SSSR count). The standard InChI is InChI=1S/C20H21N5O4S/c1-14-21-19(24-23-14)15-6-8-16(9-7-15)22-20(26)17-4-2-3-5-18(17)30(27,28)25-10-12-29-13-11-25/h2-9H,10-13H2,1H3,(H,22,26)(H,21,23,24). The smallest absolute Gasteiger partial charge is 0.257 e. The van der Waals surface area contributed by atoms with Gasteiger partial charge in [0, 0.05) is 24.3 Å². The topological polar surface area (TPSA) is 117 Å². The molecule has 9 nitrogen and oxygen atoms in total. The first-order valence-electron chi connectivity index (χ1n) is 9.43. The van der Waals surface area contributed by atoms with Crippen molar-refractivity contribution in [3.63, 3.8) is 0 Å².